The van der Waals surface area contributed by atoms with Gasteiger partial charge in [0, 0.05) is 6.04 Å². The van der Waals surface area contributed by atoms with E-state index >= 15 is 0 Å². The molecule has 0 spiro atoms. The van der Waals surface area contributed by atoms with Crippen LogP contribution in [0.2, 0.25) is 0 Å². The SMILES string of the molecule is CC[C@H](C)N(CC(=O)O)C(=O)[C@H](C)NC(=O)OC. The van der Waals surface area contributed by atoms with E-state index in [0.29, 0.717) is 6.42 Å². The first-order valence-electron chi connectivity index (χ1n) is 5.70. The van der Waals surface area contributed by atoms with Crippen LogP contribution >= 0.6 is 0 Å². The molecule has 0 unspecified atom stereocenters. The highest BCUT2D eigenvalue weighted by Crippen LogP contribution is 2.06. The predicted octanol–water partition coefficient (Wildman–Crippen LogP) is 0.443. The van der Waals surface area contributed by atoms with E-state index in [2.05, 4.69) is 10.1 Å². The topological polar surface area (TPSA) is 95.9 Å². The average Bonchev–Trinajstić information content (AvgIpc) is 2.33. The van der Waals surface area contributed by atoms with Crippen molar-refractivity contribution in [1.82, 2.24) is 10.2 Å². The molecule has 0 rings (SSSR count). The number of rotatable bonds is 6. The van der Waals surface area contributed by atoms with Gasteiger partial charge in [0.2, 0.25) is 5.91 Å². The van der Waals surface area contributed by atoms with Gasteiger partial charge in [-0.25, -0.2) is 4.79 Å². The van der Waals surface area contributed by atoms with Gasteiger partial charge < -0.3 is 20.1 Å². The van der Waals surface area contributed by atoms with E-state index in [1.54, 1.807) is 6.92 Å². The quantitative estimate of drug-likeness (QED) is 0.722. The highest BCUT2D eigenvalue weighted by molar-refractivity contribution is 5.87. The molecule has 0 aliphatic carbocycles. The van der Waals surface area contributed by atoms with Crippen LogP contribution in [0, 0.1) is 0 Å². The maximum atomic E-state index is 12.0. The molecule has 0 aromatic heterocycles. The zero-order valence-corrected chi connectivity index (χ0v) is 11.1. The molecule has 0 fully saturated rings. The molecule has 0 saturated carbocycles. The minimum atomic E-state index is -1.09. The van der Waals surface area contributed by atoms with Gasteiger partial charge in [0.05, 0.1) is 7.11 Å². The number of alkyl carbamates (subject to hydrolysis) is 1. The van der Waals surface area contributed by atoms with Crippen LogP contribution in [0.25, 0.3) is 0 Å². The molecular formula is C11H20N2O5. The Labute approximate surface area is 106 Å². The second-order valence-electron chi connectivity index (χ2n) is 3.97. The second-order valence-corrected chi connectivity index (χ2v) is 3.97. The van der Waals surface area contributed by atoms with Gasteiger partial charge >= 0.3 is 12.1 Å². The third-order valence-corrected chi connectivity index (χ3v) is 2.60. The van der Waals surface area contributed by atoms with Crippen molar-refractivity contribution >= 4 is 18.0 Å². The summed E-state index contributed by atoms with van der Waals surface area (Å²) in [7, 11) is 1.19. The monoisotopic (exact) mass is 260 g/mol. The fraction of sp³-hybridized carbons (Fsp3) is 0.727. The number of hydrogen-bond donors (Lipinski definition) is 2. The van der Waals surface area contributed by atoms with Crippen LogP contribution in [0.15, 0.2) is 0 Å². The zero-order chi connectivity index (χ0) is 14.3. The summed E-state index contributed by atoms with van der Waals surface area (Å²) in [5.41, 5.74) is 0. The predicted molar refractivity (Wildman–Crippen MR) is 64.1 cm³/mol. The summed E-state index contributed by atoms with van der Waals surface area (Å²) >= 11 is 0. The summed E-state index contributed by atoms with van der Waals surface area (Å²) < 4.78 is 4.38. The van der Waals surface area contributed by atoms with Crippen molar-refractivity contribution in [3.63, 3.8) is 0 Å². The van der Waals surface area contributed by atoms with Crippen molar-refractivity contribution in [2.75, 3.05) is 13.7 Å². The number of nitrogens with zero attached hydrogens (tertiary/aromatic N) is 1. The molecule has 0 bridgehead atoms. The lowest BCUT2D eigenvalue weighted by atomic mass is 10.2. The van der Waals surface area contributed by atoms with Crippen LogP contribution in [0.5, 0.6) is 0 Å². The first kappa shape index (κ1) is 16.2. The Hall–Kier alpha value is -1.79. The number of aliphatic carboxylic acids is 1. The van der Waals surface area contributed by atoms with Crippen molar-refractivity contribution in [3.8, 4) is 0 Å². The van der Waals surface area contributed by atoms with E-state index in [9.17, 15) is 14.4 Å². The standard InChI is InChI=1S/C11H20N2O5/c1-5-7(2)13(6-9(14)15)10(16)8(3)12-11(17)18-4/h7-8H,5-6H2,1-4H3,(H,12,17)(H,14,15)/t7-,8-/m0/s1. The second kappa shape index (κ2) is 7.52. The number of hydrogen-bond acceptors (Lipinski definition) is 4. The number of carbonyl (C=O) groups excluding carboxylic acids is 2. The minimum Gasteiger partial charge on any atom is -0.480 e. The number of carbonyl (C=O) groups is 3. The van der Waals surface area contributed by atoms with Gasteiger partial charge in [0.15, 0.2) is 0 Å². The Kier molecular flexibility index (Phi) is 6.77. The molecule has 0 saturated heterocycles. The third kappa shape index (κ3) is 5.03. The normalized spacial score (nSPS) is 13.3. The number of carboxylic acid groups (broad SMARTS) is 1. The molecule has 104 valence electrons. The molecule has 0 heterocycles. The van der Waals surface area contributed by atoms with Crippen molar-refractivity contribution in [3.05, 3.63) is 0 Å². The Bertz CT molecular complexity index is 319. The average molecular weight is 260 g/mol. The molecule has 18 heavy (non-hydrogen) atoms. The highest BCUT2D eigenvalue weighted by Gasteiger charge is 2.27. The first-order valence-corrected chi connectivity index (χ1v) is 5.70. The largest absolute Gasteiger partial charge is 0.480 e. The van der Waals surface area contributed by atoms with Crippen molar-refractivity contribution in [1.29, 1.82) is 0 Å². The highest BCUT2D eigenvalue weighted by atomic mass is 16.5. The Morgan fingerprint density at radius 1 is 1.33 bits per heavy atom. The van der Waals surface area contributed by atoms with Crippen LogP contribution < -0.4 is 5.32 Å². The van der Waals surface area contributed by atoms with Gasteiger partial charge in [0.25, 0.3) is 0 Å². The Morgan fingerprint density at radius 2 is 1.89 bits per heavy atom. The lowest BCUT2D eigenvalue weighted by Crippen LogP contribution is -2.51. The molecule has 0 aromatic carbocycles. The van der Waals surface area contributed by atoms with Gasteiger partial charge in [-0.15, -0.1) is 0 Å². The molecule has 7 nitrogen and oxygen atoms in total. The molecule has 0 radical (unpaired) electrons. The maximum absolute atomic E-state index is 12.0. The van der Waals surface area contributed by atoms with Crippen LogP contribution in [-0.2, 0) is 14.3 Å². The Balaban J connectivity index is 4.73. The van der Waals surface area contributed by atoms with Gasteiger partial charge in [0.1, 0.15) is 12.6 Å². The van der Waals surface area contributed by atoms with Gasteiger partial charge in [-0.2, -0.15) is 0 Å². The molecular weight excluding hydrogens is 240 g/mol. The van der Waals surface area contributed by atoms with E-state index in [1.165, 1.54) is 18.9 Å². The van der Waals surface area contributed by atoms with E-state index in [4.69, 9.17) is 5.11 Å². The van der Waals surface area contributed by atoms with Gasteiger partial charge in [-0.05, 0) is 20.3 Å². The molecule has 2 atom stereocenters. The smallest absolute Gasteiger partial charge is 0.407 e. The van der Waals surface area contributed by atoms with Crippen LogP contribution in [-0.4, -0.2) is 53.7 Å². The maximum Gasteiger partial charge on any atom is 0.407 e. The number of methoxy groups -OCH3 is 1. The van der Waals surface area contributed by atoms with Crippen molar-refractivity contribution in [2.24, 2.45) is 0 Å². The number of carboxylic acids is 1. The summed E-state index contributed by atoms with van der Waals surface area (Å²) in [4.78, 5) is 35.0. The summed E-state index contributed by atoms with van der Waals surface area (Å²) in [5.74, 6) is -1.54. The van der Waals surface area contributed by atoms with Crippen LogP contribution in [0.4, 0.5) is 4.79 Å². The van der Waals surface area contributed by atoms with Crippen molar-refractivity contribution in [2.45, 2.75) is 39.3 Å². The summed E-state index contributed by atoms with van der Waals surface area (Å²) in [6.45, 7) is 4.70. The van der Waals surface area contributed by atoms with Gasteiger partial charge in [-0.3, -0.25) is 9.59 Å². The first-order chi connectivity index (χ1) is 8.33. The molecule has 2 N–H and O–H groups in total. The molecule has 2 amide bonds. The molecule has 0 aliphatic rings. The molecule has 7 heteroatoms. The van der Waals surface area contributed by atoms with Crippen molar-refractivity contribution < 1.29 is 24.2 Å². The zero-order valence-electron chi connectivity index (χ0n) is 11.1. The molecule has 0 aliphatic heterocycles. The minimum absolute atomic E-state index is 0.213. The molecule has 0 aromatic rings. The van der Waals surface area contributed by atoms with Crippen LogP contribution in [0.1, 0.15) is 27.2 Å². The van der Waals surface area contributed by atoms with E-state index < -0.39 is 24.0 Å². The lowest BCUT2D eigenvalue weighted by Gasteiger charge is -2.29. The fourth-order valence-electron chi connectivity index (χ4n) is 1.36. The van der Waals surface area contributed by atoms with Crippen LogP contribution in [0.3, 0.4) is 0 Å². The number of nitrogens with one attached hydrogen (secondary N) is 1. The fourth-order valence-corrected chi connectivity index (χ4v) is 1.36. The summed E-state index contributed by atoms with van der Waals surface area (Å²) in [6, 6.07) is -1.04. The number of amides is 2. The van der Waals surface area contributed by atoms with E-state index in [0.717, 1.165) is 0 Å². The summed E-state index contributed by atoms with van der Waals surface area (Å²) in [5, 5.41) is 11.1. The van der Waals surface area contributed by atoms with Gasteiger partial charge in [-0.1, -0.05) is 6.92 Å². The lowest BCUT2D eigenvalue weighted by molar-refractivity contribution is -0.146. The third-order valence-electron chi connectivity index (χ3n) is 2.60. The summed E-state index contributed by atoms with van der Waals surface area (Å²) in [6.07, 6.45) is -0.0977. The Morgan fingerprint density at radius 3 is 2.28 bits per heavy atom. The number of ether oxygens (including phenoxy) is 1. The van der Waals surface area contributed by atoms with E-state index in [1.807, 2.05) is 6.92 Å². The van der Waals surface area contributed by atoms with E-state index in [-0.39, 0.29) is 12.6 Å².